The first-order chi connectivity index (χ1) is 9.63. The summed E-state index contributed by atoms with van der Waals surface area (Å²) < 4.78 is 5.17. The number of hydrogen-bond donors (Lipinski definition) is 1. The first kappa shape index (κ1) is 14.6. The summed E-state index contributed by atoms with van der Waals surface area (Å²) in [6.07, 6.45) is 3.95. The molecule has 0 aliphatic carbocycles. The summed E-state index contributed by atoms with van der Waals surface area (Å²) in [5, 5.41) is 2.93. The summed E-state index contributed by atoms with van der Waals surface area (Å²) in [6.45, 7) is 5.82. The van der Waals surface area contributed by atoms with Crippen LogP contribution < -0.4 is 5.32 Å². The molecule has 20 heavy (non-hydrogen) atoms. The number of likely N-dealkylation sites (tertiary alicyclic amines) is 1. The highest BCUT2D eigenvalue weighted by molar-refractivity contribution is 5.95. The Morgan fingerprint density at radius 1 is 1.40 bits per heavy atom. The lowest BCUT2D eigenvalue weighted by Crippen LogP contribution is -2.43. The third kappa shape index (κ3) is 3.21. The van der Waals surface area contributed by atoms with Crippen molar-refractivity contribution in [2.45, 2.75) is 33.1 Å². The van der Waals surface area contributed by atoms with E-state index in [1.165, 1.54) is 6.26 Å². The average molecular weight is 278 g/mol. The third-order valence-corrected chi connectivity index (χ3v) is 3.79. The SMILES string of the molecule is CCCNC(=O)C1CCN(C(=O)c2ccoc2C)CC1. The number of aryl methyl sites for hydroxylation is 1. The second-order valence-electron chi connectivity index (χ2n) is 5.25. The number of piperidine rings is 1. The van der Waals surface area contributed by atoms with Crippen molar-refractivity contribution in [3.63, 3.8) is 0 Å². The summed E-state index contributed by atoms with van der Waals surface area (Å²) >= 11 is 0. The number of hydrogen-bond acceptors (Lipinski definition) is 3. The molecule has 2 amide bonds. The minimum Gasteiger partial charge on any atom is -0.469 e. The molecule has 1 N–H and O–H groups in total. The highest BCUT2D eigenvalue weighted by Crippen LogP contribution is 2.20. The lowest BCUT2D eigenvalue weighted by Gasteiger charge is -2.31. The van der Waals surface area contributed by atoms with Crippen LogP contribution in [0.4, 0.5) is 0 Å². The van der Waals surface area contributed by atoms with Crippen molar-refractivity contribution in [2.24, 2.45) is 5.92 Å². The van der Waals surface area contributed by atoms with E-state index in [0.717, 1.165) is 25.8 Å². The Morgan fingerprint density at radius 3 is 2.65 bits per heavy atom. The Hall–Kier alpha value is -1.78. The van der Waals surface area contributed by atoms with Gasteiger partial charge in [-0.15, -0.1) is 0 Å². The van der Waals surface area contributed by atoms with Crippen LogP contribution in [0.3, 0.4) is 0 Å². The van der Waals surface area contributed by atoms with E-state index in [1.54, 1.807) is 17.9 Å². The van der Waals surface area contributed by atoms with E-state index in [1.807, 2.05) is 6.92 Å². The maximum absolute atomic E-state index is 12.3. The molecule has 0 atom stereocenters. The predicted octanol–water partition coefficient (Wildman–Crippen LogP) is 1.97. The number of carbonyl (C=O) groups excluding carboxylic acids is 2. The van der Waals surface area contributed by atoms with Crippen molar-refractivity contribution >= 4 is 11.8 Å². The molecule has 1 aromatic rings. The number of furan rings is 1. The highest BCUT2D eigenvalue weighted by Gasteiger charge is 2.28. The molecule has 0 unspecified atom stereocenters. The minimum absolute atomic E-state index is 0.00339. The molecule has 1 saturated heterocycles. The first-order valence-corrected chi connectivity index (χ1v) is 7.24. The van der Waals surface area contributed by atoms with Crippen LogP contribution in [0.2, 0.25) is 0 Å². The van der Waals surface area contributed by atoms with Crippen LogP contribution in [0.25, 0.3) is 0 Å². The minimum atomic E-state index is 0.00339. The number of nitrogens with zero attached hydrogens (tertiary/aromatic N) is 1. The van der Waals surface area contributed by atoms with Crippen molar-refractivity contribution in [2.75, 3.05) is 19.6 Å². The summed E-state index contributed by atoms with van der Waals surface area (Å²) in [7, 11) is 0. The van der Waals surface area contributed by atoms with Crippen molar-refractivity contribution in [3.05, 3.63) is 23.7 Å². The molecule has 5 nitrogen and oxygen atoms in total. The van der Waals surface area contributed by atoms with Crippen molar-refractivity contribution in [1.82, 2.24) is 10.2 Å². The average Bonchev–Trinajstić information content (AvgIpc) is 2.90. The summed E-state index contributed by atoms with van der Waals surface area (Å²) in [4.78, 5) is 26.0. The van der Waals surface area contributed by atoms with Gasteiger partial charge in [-0.2, -0.15) is 0 Å². The van der Waals surface area contributed by atoms with E-state index >= 15 is 0 Å². The van der Waals surface area contributed by atoms with E-state index in [0.29, 0.717) is 24.4 Å². The molecule has 0 radical (unpaired) electrons. The maximum atomic E-state index is 12.3. The fourth-order valence-electron chi connectivity index (χ4n) is 2.51. The molecule has 0 bridgehead atoms. The Kier molecular flexibility index (Phi) is 4.82. The number of nitrogens with one attached hydrogen (secondary N) is 1. The largest absolute Gasteiger partial charge is 0.469 e. The number of amides is 2. The fraction of sp³-hybridized carbons (Fsp3) is 0.600. The second kappa shape index (κ2) is 6.59. The van der Waals surface area contributed by atoms with Gasteiger partial charge in [0, 0.05) is 25.6 Å². The molecule has 1 aliphatic rings. The van der Waals surface area contributed by atoms with Crippen LogP contribution in [0.15, 0.2) is 16.7 Å². The number of carbonyl (C=O) groups is 2. The van der Waals surface area contributed by atoms with Crippen molar-refractivity contribution < 1.29 is 14.0 Å². The van der Waals surface area contributed by atoms with E-state index < -0.39 is 0 Å². The molecule has 1 aromatic heterocycles. The van der Waals surface area contributed by atoms with Crippen molar-refractivity contribution in [3.8, 4) is 0 Å². The molecule has 1 aliphatic heterocycles. The topological polar surface area (TPSA) is 62.6 Å². The van der Waals surface area contributed by atoms with Gasteiger partial charge >= 0.3 is 0 Å². The molecule has 5 heteroatoms. The monoisotopic (exact) mass is 278 g/mol. The van der Waals surface area contributed by atoms with Gasteiger partial charge in [-0.05, 0) is 32.3 Å². The van der Waals surface area contributed by atoms with Gasteiger partial charge in [-0.3, -0.25) is 9.59 Å². The van der Waals surface area contributed by atoms with E-state index in [2.05, 4.69) is 5.32 Å². The van der Waals surface area contributed by atoms with Gasteiger partial charge in [0.1, 0.15) is 5.76 Å². The molecule has 1 fully saturated rings. The molecule has 110 valence electrons. The van der Waals surface area contributed by atoms with Gasteiger partial charge in [0.2, 0.25) is 5.91 Å². The van der Waals surface area contributed by atoms with Gasteiger partial charge in [-0.25, -0.2) is 0 Å². The molecule has 2 heterocycles. The molecule has 0 saturated carbocycles. The van der Waals surface area contributed by atoms with Gasteiger partial charge in [0.15, 0.2) is 0 Å². The van der Waals surface area contributed by atoms with Crippen molar-refractivity contribution in [1.29, 1.82) is 0 Å². The lowest BCUT2D eigenvalue weighted by atomic mass is 9.95. The Morgan fingerprint density at radius 2 is 2.10 bits per heavy atom. The standard InChI is InChI=1S/C15H22N2O3/c1-3-7-16-14(18)12-4-8-17(9-5-12)15(19)13-6-10-20-11(13)2/h6,10,12H,3-5,7-9H2,1-2H3,(H,16,18). The summed E-state index contributed by atoms with van der Waals surface area (Å²) in [5.74, 6) is 0.816. The van der Waals surface area contributed by atoms with Gasteiger partial charge in [0.25, 0.3) is 5.91 Å². The van der Waals surface area contributed by atoms with Gasteiger partial charge in [0.05, 0.1) is 11.8 Å². The molecular formula is C15H22N2O3. The molecule has 0 spiro atoms. The quantitative estimate of drug-likeness (QED) is 0.916. The lowest BCUT2D eigenvalue weighted by molar-refractivity contribution is -0.126. The van der Waals surface area contributed by atoms with Crippen LogP contribution in [0.1, 0.15) is 42.3 Å². The van der Waals surface area contributed by atoms with Crippen LogP contribution >= 0.6 is 0 Å². The number of rotatable bonds is 4. The smallest absolute Gasteiger partial charge is 0.257 e. The van der Waals surface area contributed by atoms with Gasteiger partial charge < -0.3 is 14.6 Å². The zero-order chi connectivity index (χ0) is 14.5. The van der Waals surface area contributed by atoms with E-state index in [4.69, 9.17) is 4.42 Å². The predicted molar refractivity (Wildman–Crippen MR) is 75.4 cm³/mol. The second-order valence-corrected chi connectivity index (χ2v) is 5.25. The molecule has 2 rings (SSSR count). The van der Waals surface area contributed by atoms with Gasteiger partial charge in [-0.1, -0.05) is 6.92 Å². The van der Waals surface area contributed by atoms with E-state index in [-0.39, 0.29) is 17.7 Å². The zero-order valence-electron chi connectivity index (χ0n) is 12.1. The Balaban J connectivity index is 1.87. The highest BCUT2D eigenvalue weighted by atomic mass is 16.3. The van der Waals surface area contributed by atoms with Crippen LogP contribution in [0, 0.1) is 12.8 Å². The van der Waals surface area contributed by atoms with Crippen LogP contribution in [-0.4, -0.2) is 36.3 Å². The Bertz CT molecular complexity index is 473. The Labute approximate surface area is 119 Å². The summed E-state index contributed by atoms with van der Waals surface area (Å²) in [6, 6.07) is 1.71. The molecule has 0 aromatic carbocycles. The third-order valence-electron chi connectivity index (χ3n) is 3.79. The van der Waals surface area contributed by atoms with Crippen LogP contribution in [-0.2, 0) is 4.79 Å². The first-order valence-electron chi connectivity index (χ1n) is 7.24. The summed E-state index contributed by atoms with van der Waals surface area (Å²) in [5.41, 5.74) is 0.624. The van der Waals surface area contributed by atoms with E-state index in [9.17, 15) is 9.59 Å². The normalized spacial score (nSPS) is 16.2. The maximum Gasteiger partial charge on any atom is 0.257 e. The zero-order valence-corrected chi connectivity index (χ0v) is 12.1. The molecular weight excluding hydrogens is 256 g/mol. The van der Waals surface area contributed by atoms with Crippen LogP contribution in [0.5, 0.6) is 0 Å². The fourth-order valence-corrected chi connectivity index (χ4v) is 2.51.